The van der Waals surface area contributed by atoms with Gasteiger partial charge >= 0.3 is 0 Å². The molecule has 1 heterocycles. The predicted octanol–water partition coefficient (Wildman–Crippen LogP) is 5.40. The molecule has 1 fully saturated rings. The van der Waals surface area contributed by atoms with E-state index < -0.39 is 0 Å². The van der Waals surface area contributed by atoms with Crippen LogP contribution < -0.4 is 0 Å². The van der Waals surface area contributed by atoms with Crippen molar-refractivity contribution < 1.29 is 9.47 Å². The van der Waals surface area contributed by atoms with E-state index in [-0.39, 0.29) is 6.10 Å². The molecule has 0 radical (unpaired) electrons. The fraction of sp³-hybridized carbons (Fsp3) is 0.238. The van der Waals surface area contributed by atoms with Crippen molar-refractivity contribution in [1.29, 1.82) is 0 Å². The molecule has 2 aromatic rings. The number of rotatable bonds is 7. The fourth-order valence-corrected chi connectivity index (χ4v) is 2.42. The lowest BCUT2D eigenvalue weighted by Crippen LogP contribution is -2.06. The molecule has 0 aliphatic carbocycles. The molecule has 2 atom stereocenters. The van der Waals surface area contributed by atoms with E-state index >= 15 is 0 Å². The molecule has 1 aliphatic heterocycles. The summed E-state index contributed by atoms with van der Waals surface area (Å²) < 4.78 is 10.7. The number of epoxide rings is 1. The lowest BCUT2D eigenvalue weighted by atomic mass is 10.1. The predicted molar refractivity (Wildman–Crippen MR) is 101 cm³/mol. The minimum absolute atomic E-state index is 0.0135. The summed E-state index contributed by atoms with van der Waals surface area (Å²) in [7, 11) is 0. The molecule has 0 amide bonds. The molecule has 1 saturated heterocycles. The summed E-state index contributed by atoms with van der Waals surface area (Å²) >= 11 is 5.66. The second-order valence-corrected chi connectivity index (χ2v) is 5.66. The van der Waals surface area contributed by atoms with Crippen LogP contribution >= 0.6 is 11.6 Å². The highest BCUT2D eigenvalue weighted by Crippen LogP contribution is 2.20. The molecular formula is C21H23ClO2. The minimum atomic E-state index is -0.0135. The van der Waals surface area contributed by atoms with E-state index in [0.29, 0.717) is 18.6 Å². The lowest BCUT2D eigenvalue weighted by Gasteiger charge is -2.13. The van der Waals surface area contributed by atoms with Crippen LogP contribution in [0.25, 0.3) is 6.08 Å². The SMILES string of the molecule is C=CC(OCC1CO1)c1ccccc1.C=Cc1ccccc1CCl. The smallest absolute Gasteiger partial charge is 0.104 e. The zero-order valence-corrected chi connectivity index (χ0v) is 14.5. The monoisotopic (exact) mass is 342 g/mol. The first-order valence-electron chi connectivity index (χ1n) is 7.95. The van der Waals surface area contributed by atoms with Crippen LogP contribution in [0.5, 0.6) is 0 Å². The number of halogens is 1. The summed E-state index contributed by atoms with van der Waals surface area (Å²) in [5.74, 6) is 0.558. The largest absolute Gasteiger partial charge is 0.371 e. The zero-order chi connectivity index (χ0) is 17.2. The van der Waals surface area contributed by atoms with Crippen LogP contribution in [0.15, 0.2) is 73.8 Å². The molecule has 2 nitrogen and oxygen atoms in total. The van der Waals surface area contributed by atoms with Gasteiger partial charge in [-0.15, -0.1) is 18.2 Å². The second-order valence-electron chi connectivity index (χ2n) is 5.39. The Bertz CT molecular complexity index is 635. The van der Waals surface area contributed by atoms with Crippen molar-refractivity contribution in [3.8, 4) is 0 Å². The third-order valence-electron chi connectivity index (χ3n) is 3.63. The van der Waals surface area contributed by atoms with E-state index in [1.165, 1.54) is 0 Å². The molecule has 126 valence electrons. The molecule has 2 aromatic carbocycles. The van der Waals surface area contributed by atoms with Gasteiger partial charge in [-0.3, -0.25) is 0 Å². The molecule has 1 aliphatic rings. The third kappa shape index (κ3) is 5.97. The first kappa shape index (κ1) is 18.5. The van der Waals surface area contributed by atoms with Crippen molar-refractivity contribution in [2.75, 3.05) is 13.2 Å². The van der Waals surface area contributed by atoms with Crippen LogP contribution in [0.2, 0.25) is 0 Å². The van der Waals surface area contributed by atoms with E-state index in [9.17, 15) is 0 Å². The summed E-state index contributed by atoms with van der Waals surface area (Å²) in [5.41, 5.74) is 3.40. The molecule has 0 spiro atoms. The van der Waals surface area contributed by atoms with Crippen LogP contribution in [-0.4, -0.2) is 19.3 Å². The fourth-order valence-electron chi connectivity index (χ4n) is 2.17. The van der Waals surface area contributed by atoms with Crippen LogP contribution in [-0.2, 0) is 15.4 Å². The Kier molecular flexibility index (Phi) is 7.76. The quantitative estimate of drug-likeness (QED) is 0.382. The molecule has 0 saturated carbocycles. The average Bonchev–Trinajstić information content (AvgIpc) is 3.48. The maximum Gasteiger partial charge on any atom is 0.104 e. The van der Waals surface area contributed by atoms with Crippen molar-refractivity contribution in [3.63, 3.8) is 0 Å². The van der Waals surface area contributed by atoms with Gasteiger partial charge in [0.15, 0.2) is 0 Å². The second kappa shape index (κ2) is 10.1. The maximum absolute atomic E-state index is 5.66. The van der Waals surface area contributed by atoms with Crippen molar-refractivity contribution in [2.24, 2.45) is 0 Å². The Labute approximate surface area is 149 Å². The topological polar surface area (TPSA) is 21.8 Å². The number of ether oxygens (including phenoxy) is 2. The summed E-state index contributed by atoms with van der Waals surface area (Å²) in [6.07, 6.45) is 3.93. The maximum atomic E-state index is 5.66. The summed E-state index contributed by atoms with van der Waals surface area (Å²) in [6, 6.07) is 18.0. The van der Waals surface area contributed by atoms with Crippen molar-refractivity contribution >= 4 is 17.7 Å². The number of hydrogen-bond donors (Lipinski definition) is 0. The summed E-state index contributed by atoms with van der Waals surface area (Å²) in [4.78, 5) is 0. The highest BCUT2D eigenvalue weighted by Gasteiger charge is 2.23. The minimum Gasteiger partial charge on any atom is -0.371 e. The van der Waals surface area contributed by atoms with Gasteiger partial charge in [-0.1, -0.05) is 73.3 Å². The Morgan fingerprint density at radius 3 is 2.33 bits per heavy atom. The van der Waals surface area contributed by atoms with Gasteiger partial charge in [0, 0.05) is 5.88 Å². The Balaban J connectivity index is 0.000000185. The van der Waals surface area contributed by atoms with Gasteiger partial charge < -0.3 is 9.47 Å². The van der Waals surface area contributed by atoms with Crippen LogP contribution in [0.3, 0.4) is 0 Å². The van der Waals surface area contributed by atoms with E-state index in [4.69, 9.17) is 21.1 Å². The molecule has 24 heavy (non-hydrogen) atoms. The average molecular weight is 343 g/mol. The molecule has 0 bridgehead atoms. The third-order valence-corrected chi connectivity index (χ3v) is 3.91. The van der Waals surface area contributed by atoms with Crippen LogP contribution in [0.1, 0.15) is 22.8 Å². The van der Waals surface area contributed by atoms with Crippen molar-refractivity contribution in [3.05, 3.63) is 90.5 Å². The van der Waals surface area contributed by atoms with Crippen LogP contribution in [0, 0.1) is 0 Å². The number of benzene rings is 2. The first-order chi connectivity index (χ1) is 11.8. The Morgan fingerprint density at radius 2 is 1.79 bits per heavy atom. The van der Waals surface area contributed by atoms with Gasteiger partial charge in [-0.05, 0) is 16.7 Å². The van der Waals surface area contributed by atoms with Gasteiger partial charge in [0.1, 0.15) is 12.2 Å². The number of hydrogen-bond acceptors (Lipinski definition) is 2. The molecule has 0 aromatic heterocycles. The first-order valence-corrected chi connectivity index (χ1v) is 8.49. The molecule has 3 rings (SSSR count). The van der Waals surface area contributed by atoms with Crippen LogP contribution in [0.4, 0.5) is 0 Å². The standard InChI is InChI=1S/C12H14O2.C9H9Cl/c1-2-12(14-9-11-8-13-11)10-6-4-3-5-7-10;1-2-8-5-3-4-6-9(8)7-10/h2-7,11-12H,1,8-9H2;2-6H,1,7H2. The van der Waals surface area contributed by atoms with Gasteiger partial charge in [-0.25, -0.2) is 0 Å². The Hall–Kier alpha value is -1.87. The molecular weight excluding hydrogens is 320 g/mol. The lowest BCUT2D eigenvalue weighted by molar-refractivity contribution is 0.0721. The van der Waals surface area contributed by atoms with E-state index in [1.807, 2.05) is 66.7 Å². The molecule has 0 N–H and O–H groups in total. The van der Waals surface area contributed by atoms with Gasteiger partial charge in [0.2, 0.25) is 0 Å². The highest BCUT2D eigenvalue weighted by atomic mass is 35.5. The molecule has 2 unspecified atom stereocenters. The molecule has 3 heteroatoms. The normalized spacial score (nSPS) is 16.5. The van der Waals surface area contributed by atoms with Crippen molar-refractivity contribution in [1.82, 2.24) is 0 Å². The van der Waals surface area contributed by atoms with Gasteiger partial charge in [0.05, 0.1) is 13.2 Å². The zero-order valence-electron chi connectivity index (χ0n) is 13.7. The highest BCUT2D eigenvalue weighted by molar-refractivity contribution is 6.17. The number of alkyl halides is 1. The summed E-state index contributed by atoms with van der Waals surface area (Å²) in [6.45, 7) is 8.94. The van der Waals surface area contributed by atoms with Crippen molar-refractivity contribution in [2.45, 2.75) is 18.1 Å². The van der Waals surface area contributed by atoms with Gasteiger partial charge in [0.25, 0.3) is 0 Å². The Morgan fingerprint density at radius 1 is 1.12 bits per heavy atom. The van der Waals surface area contributed by atoms with E-state index in [0.717, 1.165) is 23.3 Å². The van der Waals surface area contributed by atoms with E-state index in [1.54, 1.807) is 0 Å². The summed E-state index contributed by atoms with van der Waals surface area (Å²) in [5, 5.41) is 0. The van der Waals surface area contributed by atoms with Gasteiger partial charge in [-0.2, -0.15) is 0 Å². The van der Waals surface area contributed by atoms with E-state index in [2.05, 4.69) is 13.2 Å².